The van der Waals surface area contributed by atoms with Crippen molar-refractivity contribution in [1.29, 1.82) is 0 Å². The number of nitrogens with zero attached hydrogens (tertiary/aromatic N) is 1. The molecular formula is C26H47N. The van der Waals surface area contributed by atoms with Gasteiger partial charge in [-0.25, -0.2) is 0 Å². The molecule has 156 valence electrons. The van der Waals surface area contributed by atoms with Gasteiger partial charge in [-0.2, -0.15) is 0 Å². The molecule has 1 heteroatoms. The Labute approximate surface area is 170 Å². The van der Waals surface area contributed by atoms with Gasteiger partial charge in [-0.3, -0.25) is 0 Å². The second kappa shape index (κ2) is 7.66. The first-order valence-corrected chi connectivity index (χ1v) is 12.5. The molecule has 0 amide bonds. The average Bonchev–Trinajstić information content (AvgIpc) is 2.98. The molecule has 4 aliphatic rings. The summed E-state index contributed by atoms with van der Waals surface area (Å²) in [7, 11) is 4.45. The van der Waals surface area contributed by atoms with Gasteiger partial charge in [0.1, 0.15) is 0 Å². The zero-order chi connectivity index (χ0) is 19.2. The van der Waals surface area contributed by atoms with Crippen LogP contribution in [0, 0.1) is 46.3 Å². The molecule has 4 rings (SSSR count). The molecule has 0 aromatic carbocycles. The summed E-state index contributed by atoms with van der Waals surface area (Å²) >= 11 is 0. The van der Waals surface area contributed by atoms with Gasteiger partial charge in [0.25, 0.3) is 0 Å². The van der Waals surface area contributed by atoms with Crippen LogP contribution in [-0.4, -0.2) is 25.5 Å². The summed E-state index contributed by atoms with van der Waals surface area (Å²) in [5.74, 6) is 6.19. The van der Waals surface area contributed by atoms with Gasteiger partial charge < -0.3 is 4.90 Å². The summed E-state index contributed by atoms with van der Waals surface area (Å²) in [6.07, 6.45) is 18.3. The predicted octanol–water partition coefficient (Wildman–Crippen LogP) is 7.01. The van der Waals surface area contributed by atoms with Crippen LogP contribution in [-0.2, 0) is 0 Å². The van der Waals surface area contributed by atoms with E-state index in [9.17, 15) is 0 Å². The highest BCUT2D eigenvalue weighted by atomic mass is 15.0. The van der Waals surface area contributed by atoms with E-state index in [1.165, 1.54) is 38.6 Å². The zero-order valence-corrected chi connectivity index (χ0v) is 19.1. The van der Waals surface area contributed by atoms with Crippen LogP contribution < -0.4 is 0 Å². The first-order valence-electron chi connectivity index (χ1n) is 12.5. The lowest BCUT2D eigenvalue weighted by Gasteiger charge is -2.61. The third-order valence-electron chi connectivity index (χ3n) is 10.6. The maximum Gasteiger partial charge on any atom is -0.00247 e. The van der Waals surface area contributed by atoms with Crippen LogP contribution in [0.1, 0.15) is 97.8 Å². The molecule has 0 aliphatic heterocycles. The van der Waals surface area contributed by atoms with E-state index in [4.69, 9.17) is 0 Å². The summed E-state index contributed by atoms with van der Waals surface area (Å²) in [6, 6.07) is 0. The van der Waals surface area contributed by atoms with Crippen molar-refractivity contribution < 1.29 is 0 Å². The van der Waals surface area contributed by atoms with Gasteiger partial charge in [0.2, 0.25) is 0 Å². The van der Waals surface area contributed by atoms with Crippen LogP contribution in [0.15, 0.2) is 0 Å². The van der Waals surface area contributed by atoms with E-state index < -0.39 is 0 Å². The Morgan fingerprint density at radius 3 is 2.41 bits per heavy atom. The van der Waals surface area contributed by atoms with Crippen molar-refractivity contribution in [2.24, 2.45) is 46.3 Å². The van der Waals surface area contributed by atoms with E-state index in [1.807, 2.05) is 0 Å². The number of hydrogen-bond donors (Lipinski definition) is 0. The molecule has 1 unspecified atom stereocenters. The molecule has 0 saturated heterocycles. The Hall–Kier alpha value is -0.0400. The van der Waals surface area contributed by atoms with Gasteiger partial charge in [-0.05, 0) is 131 Å². The number of fused-ring (bicyclic) bond motifs is 5. The van der Waals surface area contributed by atoms with Crippen molar-refractivity contribution in [1.82, 2.24) is 4.90 Å². The van der Waals surface area contributed by atoms with Crippen LogP contribution >= 0.6 is 0 Å². The quantitative estimate of drug-likeness (QED) is 0.501. The summed E-state index contributed by atoms with van der Waals surface area (Å²) in [5, 5.41) is 0. The largest absolute Gasteiger partial charge is 0.309 e. The normalized spacial score (nSPS) is 48.0. The lowest BCUT2D eigenvalue weighted by Crippen LogP contribution is -2.53. The molecule has 4 saturated carbocycles. The maximum absolute atomic E-state index is 2.74. The minimum absolute atomic E-state index is 0.663. The highest BCUT2D eigenvalue weighted by Gasteiger charge is 2.59. The first-order chi connectivity index (χ1) is 12.9. The Morgan fingerprint density at radius 2 is 1.63 bits per heavy atom. The van der Waals surface area contributed by atoms with Crippen molar-refractivity contribution >= 4 is 0 Å². The summed E-state index contributed by atoms with van der Waals surface area (Å²) in [4.78, 5) is 2.36. The summed E-state index contributed by atoms with van der Waals surface area (Å²) in [5.41, 5.74) is 1.37. The second-order valence-corrected chi connectivity index (χ2v) is 12.1. The lowest BCUT2D eigenvalue weighted by atomic mass is 9.44. The zero-order valence-electron chi connectivity index (χ0n) is 19.1. The van der Waals surface area contributed by atoms with Gasteiger partial charge in [0.15, 0.2) is 0 Å². The van der Waals surface area contributed by atoms with Gasteiger partial charge in [-0.15, -0.1) is 0 Å². The van der Waals surface area contributed by atoms with Gasteiger partial charge in [0, 0.05) is 0 Å². The second-order valence-electron chi connectivity index (χ2n) is 12.1. The SMILES string of the molecule is C[C@H](CCCN(C)C)[C@H]1CC[C@H]2[C@@H]3CCC4CCCC[C@]4(C)[C@H]3CC[C@]12C. The standard InChI is InChI=1S/C26H47N/c1-19(9-8-18-27(4)5)22-13-14-23-21-12-11-20-10-6-7-16-25(20,2)24(21)15-17-26(22,23)3/h19-24H,6-18H2,1-5H3/t19-,20?,21+,22-,23+,24+,25+,26-/m1/s1. The summed E-state index contributed by atoms with van der Waals surface area (Å²) < 4.78 is 0. The van der Waals surface area contributed by atoms with E-state index in [-0.39, 0.29) is 0 Å². The molecule has 4 fully saturated rings. The molecule has 0 N–H and O–H groups in total. The fourth-order valence-corrected chi connectivity index (χ4v) is 9.20. The van der Waals surface area contributed by atoms with E-state index in [2.05, 4.69) is 39.8 Å². The molecule has 0 radical (unpaired) electrons. The first kappa shape index (κ1) is 20.2. The van der Waals surface area contributed by atoms with Crippen LogP contribution in [0.3, 0.4) is 0 Å². The maximum atomic E-state index is 2.74. The minimum atomic E-state index is 0.663. The van der Waals surface area contributed by atoms with Gasteiger partial charge in [0.05, 0.1) is 0 Å². The molecular weight excluding hydrogens is 326 g/mol. The molecule has 0 aromatic rings. The molecule has 0 aromatic heterocycles. The highest BCUT2D eigenvalue weighted by Crippen LogP contribution is 2.68. The van der Waals surface area contributed by atoms with Crippen molar-refractivity contribution in [3.05, 3.63) is 0 Å². The number of rotatable bonds is 5. The van der Waals surface area contributed by atoms with E-state index in [0.717, 1.165) is 35.5 Å². The minimum Gasteiger partial charge on any atom is -0.309 e. The molecule has 0 spiro atoms. The summed E-state index contributed by atoms with van der Waals surface area (Å²) in [6.45, 7) is 9.33. The highest BCUT2D eigenvalue weighted by molar-refractivity contribution is 5.09. The fourth-order valence-electron chi connectivity index (χ4n) is 9.20. The molecule has 27 heavy (non-hydrogen) atoms. The molecule has 4 aliphatic carbocycles. The third kappa shape index (κ3) is 3.43. The van der Waals surface area contributed by atoms with Crippen molar-refractivity contribution in [2.75, 3.05) is 20.6 Å². The van der Waals surface area contributed by atoms with Crippen LogP contribution in [0.4, 0.5) is 0 Å². The van der Waals surface area contributed by atoms with Crippen molar-refractivity contribution in [3.63, 3.8) is 0 Å². The molecule has 8 atom stereocenters. The predicted molar refractivity (Wildman–Crippen MR) is 117 cm³/mol. The van der Waals surface area contributed by atoms with Gasteiger partial charge in [-0.1, -0.05) is 33.6 Å². The average molecular weight is 374 g/mol. The van der Waals surface area contributed by atoms with Crippen LogP contribution in [0.25, 0.3) is 0 Å². The molecule has 1 nitrogen and oxygen atoms in total. The van der Waals surface area contributed by atoms with E-state index in [1.54, 1.807) is 44.9 Å². The topological polar surface area (TPSA) is 3.24 Å². The van der Waals surface area contributed by atoms with E-state index >= 15 is 0 Å². The monoisotopic (exact) mass is 373 g/mol. The Morgan fingerprint density at radius 1 is 0.852 bits per heavy atom. The molecule has 0 heterocycles. The molecule has 0 bridgehead atoms. The Kier molecular flexibility index (Phi) is 5.74. The number of hydrogen-bond acceptors (Lipinski definition) is 1. The van der Waals surface area contributed by atoms with Gasteiger partial charge >= 0.3 is 0 Å². The Balaban J connectivity index is 1.46. The fraction of sp³-hybridized carbons (Fsp3) is 1.00. The van der Waals surface area contributed by atoms with Crippen molar-refractivity contribution in [3.8, 4) is 0 Å². The third-order valence-corrected chi connectivity index (χ3v) is 10.6. The van der Waals surface area contributed by atoms with E-state index in [0.29, 0.717) is 10.8 Å². The van der Waals surface area contributed by atoms with Crippen LogP contribution in [0.2, 0.25) is 0 Å². The smallest absolute Gasteiger partial charge is 0.00247 e. The van der Waals surface area contributed by atoms with Crippen LogP contribution in [0.5, 0.6) is 0 Å². The lowest BCUT2D eigenvalue weighted by molar-refractivity contribution is -0.114. The van der Waals surface area contributed by atoms with Crippen molar-refractivity contribution in [2.45, 2.75) is 97.8 Å². The Bertz CT molecular complexity index is 512.